The van der Waals surface area contributed by atoms with Crippen LogP contribution < -0.4 is 20.9 Å². The van der Waals surface area contributed by atoms with E-state index < -0.39 is 13.3 Å². The van der Waals surface area contributed by atoms with Gasteiger partial charge in [0.15, 0.2) is 0 Å². The number of rotatable bonds is 10. The molecule has 0 atom stereocenters. The van der Waals surface area contributed by atoms with Crippen LogP contribution in [0.25, 0.3) is 0 Å². The van der Waals surface area contributed by atoms with Gasteiger partial charge in [0.05, 0.1) is 0 Å². The van der Waals surface area contributed by atoms with E-state index in [1.54, 1.807) is 36.4 Å². The van der Waals surface area contributed by atoms with Crippen molar-refractivity contribution in [2.24, 2.45) is 0 Å². The third-order valence-corrected chi connectivity index (χ3v) is 8.37. The number of halogens is 2. The highest BCUT2D eigenvalue weighted by molar-refractivity contribution is 5.51. The number of alkyl halides is 2. The molecule has 0 aliphatic heterocycles. The predicted molar refractivity (Wildman–Crippen MR) is 175 cm³/mol. The van der Waals surface area contributed by atoms with E-state index in [1.807, 2.05) is 48.5 Å². The molecule has 4 N–H and O–H groups in total. The summed E-state index contributed by atoms with van der Waals surface area (Å²) in [6.45, 7) is 7.49. The van der Waals surface area contributed by atoms with Gasteiger partial charge in [-0.1, -0.05) is 76.2 Å². The van der Waals surface area contributed by atoms with E-state index in [4.69, 9.17) is 20.9 Å². The first-order valence-electron chi connectivity index (χ1n) is 14.6. The van der Waals surface area contributed by atoms with Crippen LogP contribution in [-0.2, 0) is 24.2 Å². The average Bonchev–Trinajstić information content (AvgIpc) is 3.03. The van der Waals surface area contributed by atoms with Crippen molar-refractivity contribution < 1.29 is 18.3 Å². The summed E-state index contributed by atoms with van der Waals surface area (Å²) >= 11 is 0. The Morgan fingerprint density at radius 2 is 0.886 bits per heavy atom. The molecular formula is C38H38F2N2O2. The van der Waals surface area contributed by atoms with Gasteiger partial charge in [-0.25, -0.2) is 8.78 Å². The fraction of sp³-hybridized carbons (Fsp3) is 0.211. The quantitative estimate of drug-likeness (QED) is 0.158. The third kappa shape index (κ3) is 6.40. The minimum Gasteiger partial charge on any atom is -0.457 e. The van der Waals surface area contributed by atoms with Crippen LogP contribution in [0.1, 0.15) is 61.1 Å². The van der Waals surface area contributed by atoms with Crippen LogP contribution in [0.15, 0.2) is 109 Å². The molecule has 5 aromatic rings. The summed E-state index contributed by atoms with van der Waals surface area (Å²) in [6, 6.07) is 34.5. The highest BCUT2D eigenvalue weighted by atomic mass is 19.1. The second-order valence-electron chi connectivity index (χ2n) is 12.1. The minimum absolute atomic E-state index is 0.291. The van der Waals surface area contributed by atoms with E-state index >= 15 is 0 Å². The van der Waals surface area contributed by atoms with Gasteiger partial charge in [0.2, 0.25) is 0 Å². The normalized spacial score (nSPS) is 11.8. The van der Waals surface area contributed by atoms with Gasteiger partial charge in [0.25, 0.3) is 0 Å². The molecule has 226 valence electrons. The van der Waals surface area contributed by atoms with E-state index in [2.05, 4.69) is 52.0 Å². The zero-order valence-corrected chi connectivity index (χ0v) is 25.5. The Morgan fingerprint density at radius 1 is 0.500 bits per heavy atom. The maximum atomic E-state index is 13.5. The fourth-order valence-corrected chi connectivity index (χ4v) is 5.37. The van der Waals surface area contributed by atoms with Crippen molar-refractivity contribution in [3.63, 3.8) is 0 Å². The number of ether oxygens (including phenoxy) is 2. The molecule has 4 nitrogen and oxygen atoms in total. The van der Waals surface area contributed by atoms with Crippen LogP contribution in [-0.4, -0.2) is 0 Å². The Bertz CT molecular complexity index is 1620. The molecule has 5 aromatic carbocycles. The number of nitrogen functional groups attached to an aromatic ring is 2. The highest BCUT2D eigenvalue weighted by Crippen LogP contribution is 2.39. The first kappa shape index (κ1) is 30.6. The van der Waals surface area contributed by atoms with E-state index in [0.717, 1.165) is 11.1 Å². The third-order valence-electron chi connectivity index (χ3n) is 8.37. The second kappa shape index (κ2) is 12.4. The van der Waals surface area contributed by atoms with Gasteiger partial charge < -0.3 is 20.9 Å². The van der Waals surface area contributed by atoms with Gasteiger partial charge in [-0.05, 0) is 82.9 Å². The van der Waals surface area contributed by atoms with Crippen LogP contribution in [0.5, 0.6) is 23.0 Å². The van der Waals surface area contributed by atoms with Crippen LogP contribution >= 0.6 is 0 Å². The number of benzene rings is 5. The van der Waals surface area contributed by atoms with Gasteiger partial charge in [0.1, 0.15) is 36.3 Å². The van der Waals surface area contributed by atoms with Crippen LogP contribution in [0.2, 0.25) is 0 Å². The van der Waals surface area contributed by atoms with E-state index in [0.29, 0.717) is 45.5 Å². The number of hydrogen-bond acceptors (Lipinski definition) is 4. The number of hydrogen-bond donors (Lipinski definition) is 2. The summed E-state index contributed by atoms with van der Waals surface area (Å²) in [5.74, 6) is 2.17. The molecule has 0 unspecified atom stereocenters. The standard InChI is InChI=1S/C38H38F2N2O2/c1-37(2,27-8-14-33(15-9-27)43-35-18-12-31(41)20-25(35)23-39)29-6-5-7-30(22-29)38(3,4)28-10-16-34(17-11-28)44-36-19-13-32(42)21-26(36)24-40/h5-22H,23-24,41-42H2,1-4H3. The SMILES string of the molecule is CC(C)(c1ccc(Oc2ccc(N)cc2CF)cc1)c1cccc(C(C)(C)c2ccc(Oc3ccc(N)cc3CF)cc2)c1. The second-order valence-corrected chi connectivity index (χ2v) is 12.1. The van der Waals surface area contributed by atoms with E-state index in [9.17, 15) is 8.78 Å². The van der Waals surface area contributed by atoms with Crippen LogP contribution in [0.3, 0.4) is 0 Å². The molecule has 0 aromatic heterocycles. The molecule has 44 heavy (non-hydrogen) atoms. The van der Waals surface area contributed by atoms with Gasteiger partial charge in [-0.3, -0.25) is 0 Å². The smallest absolute Gasteiger partial charge is 0.133 e. The average molecular weight is 593 g/mol. The van der Waals surface area contributed by atoms with E-state index in [1.165, 1.54) is 11.1 Å². The Kier molecular flexibility index (Phi) is 8.63. The van der Waals surface area contributed by atoms with Crippen molar-refractivity contribution in [2.75, 3.05) is 11.5 Å². The molecular weight excluding hydrogens is 554 g/mol. The molecule has 0 amide bonds. The van der Waals surface area contributed by atoms with Gasteiger partial charge in [0, 0.05) is 33.3 Å². The zero-order chi connectivity index (χ0) is 31.5. The van der Waals surface area contributed by atoms with Crippen LogP contribution in [0.4, 0.5) is 20.2 Å². The predicted octanol–water partition coefficient (Wildman–Crippen LogP) is 10.0. The molecule has 5 rings (SSSR count). The minimum atomic E-state index is -0.652. The fourth-order valence-electron chi connectivity index (χ4n) is 5.37. The van der Waals surface area contributed by atoms with Gasteiger partial charge in [-0.15, -0.1) is 0 Å². The zero-order valence-electron chi connectivity index (χ0n) is 25.5. The first-order chi connectivity index (χ1) is 21.0. The molecule has 0 spiro atoms. The Morgan fingerprint density at radius 3 is 1.25 bits per heavy atom. The lowest BCUT2D eigenvalue weighted by molar-refractivity contribution is 0.439. The summed E-state index contributed by atoms with van der Waals surface area (Å²) in [6.07, 6.45) is 0. The Hall–Kier alpha value is -4.84. The maximum Gasteiger partial charge on any atom is 0.133 e. The molecule has 0 saturated heterocycles. The molecule has 0 bridgehead atoms. The molecule has 0 heterocycles. The topological polar surface area (TPSA) is 70.5 Å². The maximum absolute atomic E-state index is 13.5. The van der Waals surface area contributed by atoms with Crippen molar-refractivity contribution in [3.05, 3.63) is 143 Å². The van der Waals surface area contributed by atoms with Crippen molar-refractivity contribution in [1.29, 1.82) is 0 Å². The summed E-state index contributed by atoms with van der Waals surface area (Å²) < 4.78 is 38.9. The summed E-state index contributed by atoms with van der Waals surface area (Å²) in [7, 11) is 0. The van der Waals surface area contributed by atoms with Gasteiger partial charge in [-0.2, -0.15) is 0 Å². The molecule has 0 saturated carbocycles. The van der Waals surface area contributed by atoms with Crippen molar-refractivity contribution >= 4 is 11.4 Å². The number of nitrogens with two attached hydrogens (primary N) is 2. The van der Waals surface area contributed by atoms with Crippen LogP contribution in [0, 0.1) is 0 Å². The monoisotopic (exact) mass is 592 g/mol. The molecule has 6 heteroatoms. The van der Waals surface area contributed by atoms with E-state index in [-0.39, 0.29) is 10.8 Å². The summed E-state index contributed by atoms with van der Waals surface area (Å²) in [4.78, 5) is 0. The molecule has 0 aliphatic carbocycles. The Balaban J connectivity index is 1.34. The summed E-state index contributed by atoms with van der Waals surface area (Å²) in [5.41, 5.74) is 17.5. The first-order valence-corrected chi connectivity index (χ1v) is 14.6. The van der Waals surface area contributed by atoms with Gasteiger partial charge >= 0.3 is 0 Å². The Labute approximate surface area is 258 Å². The largest absolute Gasteiger partial charge is 0.457 e. The lowest BCUT2D eigenvalue weighted by atomic mass is 9.73. The highest BCUT2D eigenvalue weighted by Gasteiger charge is 2.28. The van der Waals surface area contributed by atoms with Crippen molar-refractivity contribution in [3.8, 4) is 23.0 Å². The lowest BCUT2D eigenvalue weighted by Crippen LogP contribution is -2.22. The molecule has 0 radical (unpaired) electrons. The van der Waals surface area contributed by atoms with Crippen molar-refractivity contribution in [2.45, 2.75) is 51.9 Å². The number of anilines is 2. The summed E-state index contributed by atoms with van der Waals surface area (Å²) in [5, 5.41) is 0. The lowest BCUT2D eigenvalue weighted by Gasteiger charge is -2.31. The van der Waals surface area contributed by atoms with Crippen molar-refractivity contribution in [1.82, 2.24) is 0 Å². The molecule has 0 fully saturated rings. The molecule has 0 aliphatic rings.